The Morgan fingerprint density at radius 2 is 1.42 bits per heavy atom. The Bertz CT molecular complexity index is 330. The number of nitrogens with one attached hydrogen (secondary N) is 2. The zero-order valence-corrected chi connectivity index (χ0v) is 19.8. The Kier molecular flexibility index (Phi) is 13.1. The van der Waals surface area contributed by atoms with Gasteiger partial charge in [0.1, 0.15) is 0 Å². The second-order valence-electron chi connectivity index (χ2n) is 11.0. The first-order valence-corrected chi connectivity index (χ1v) is 11.3. The van der Waals surface area contributed by atoms with E-state index in [4.69, 9.17) is 0 Å². The molecule has 2 heteroatoms. The lowest BCUT2D eigenvalue weighted by Gasteiger charge is -2.28. The van der Waals surface area contributed by atoms with E-state index < -0.39 is 0 Å². The molecule has 0 aliphatic carbocycles. The second kappa shape index (κ2) is 13.2. The monoisotopic (exact) mass is 368 g/mol. The fourth-order valence-corrected chi connectivity index (χ4v) is 3.89. The average molecular weight is 369 g/mol. The van der Waals surface area contributed by atoms with Gasteiger partial charge < -0.3 is 10.6 Å². The predicted octanol–water partition coefficient (Wildman–Crippen LogP) is 6.51. The Balaban J connectivity index is 3.96. The standard InChI is InChI=1S/C24H52N2/c1-10-22(17-23(4,5)6)19-26-16-15-24(7,8)14-13-20(2)11-12-21(3)18-25-9/h20-22,25-26H,10-19H2,1-9H3. The first kappa shape index (κ1) is 25.9. The van der Waals surface area contributed by atoms with E-state index in [0.29, 0.717) is 10.8 Å². The van der Waals surface area contributed by atoms with Crippen molar-refractivity contribution < 1.29 is 0 Å². The third kappa shape index (κ3) is 15.0. The van der Waals surface area contributed by atoms with E-state index in [-0.39, 0.29) is 0 Å². The highest BCUT2D eigenvalue weighted by atomic mass is 14.9. The maximum absolute atomic E-state index is 3.75. The third-order valence-electron chi connectivity index (χ3n) is 5.91. The summed E-state index contributed by atoms with van der Waals surface area (Å²) in [6, 6.07) is 0. The Hall–Kier alpha value is -0.0800. The van der Waals surface area contributed by atoms with Crippen LogP contribution in [0.15, 0.2) is 0 Å². The van der Waals surface area contributed by atoms with Gasteiger partial charge in [-0.15, -0.1) is 0 Å². The largest absolute Gasteiger partial charge is 0.319 e. The van der Waals surface area contributed by atoms with Crippen LogP contribution in [0.4, 0.5) is 0 Å². The van der Waals surface area contributed by atoms with Crippen LogP contribution in [0.2, 0.25) is 0 Å². The summed E-state index contributed by atoms with van der Waals surface area (Å²) >= 11 is 0. The van der Waals surface area contributed by atoms with Crippen LogP contribution in [0, 0.1) is 28.6 Å². The summed E-state index contributed by atoms with van der Waals surface area (Å²) in [7, 11) is 2.06. The van der Waals surface area contributed by atoms with E-state index in [0.717, 1.165) is 24.3 Å². The molecule has 2 nitrogen and oxygen atoms in total. The molecule has 158 valence electrons. The van der Waals surface area contributed by atoms with Crippen molar-refractivity contribution in [3.8, 4) is 0 Å². The topological polar surface area (TPSA) is 24.1 Å². The van der Waals surface area contributed by atoms with Gasteiger partial charge in [-0.25, -0.2) is 0 Å². The molecule has 3 atom stereocenters. The zero-order valence-electron chi connectivity index (χ0n) is 19.8. The van der Waals surface area contributed by atoms with Crippen molar-refractivity contribution in [2.75, 3.05) is 26.7 Å². The molecule has 0 aliphatic heterocycles. The van der Waals surface area contributed by atoms with Crippen molar-refractivity contribution in [1.82, 2.24) is 10.6 Å². The molecule has 0 spiro atoms. The van der Waals surface area contributed by atoms with E-state index in [9.17, 15) is 0 Å². The summed E-state index contributed by atoms with van der Waals surface area (Å²) in [6.45, 7) is 22.6. The molecule has 0 aliphatic rings. The van der Waals surface area contributed by atoms with Crippen LogP contribution in [0.1, 0.15) is 100 Å². The van der Waals surface area contributed by atoms with Crippen LogP contribution in [0.3, 0.4) is 0 Å². The minimum atomic E-state index is 0.447. The minimum absolute atomic E-state index is 0.447. The second-order valence-corrected chi connectivity index (χ2v) is 11.0. The summed E-state index contributed by atoms with van der Waals surface area (Å²) < 4.78 is 0. The fraction of sp³-hybridized carbons (Fsp3) is 1.00. The van der Waals surface area contributed by atoms with Crippen LogP contribution in [0.5, 0.6) is 0 Å². The maximum Gasteiger partial charge on any atom is -0.00204 e. The molecule has 3 unspecified atom stereocenters. The summed E-state index contributed by atoms with van der Waals surface area (Å²) in [5, 5.41) is 7.04. The molecule has 26 heavy (non-hydrogen) atoms. The molecule has 0 amide bonds. The van der Waals surface area contributed by atoms with Crippen LogP contribution in [-0.2, 0) is 0 Å². The highest BCUT2D eigenvalue weighted by molar-refractivity contribution is 4.74. The maximum atomic E-state index is 3.75. The molecule has 0 saturated carbocycles. The van der Waals surface area contributed by atoms with Gasteiger partial charge in [-0.3, -0.25) is 0 Å². The van der Waals surface area contributed by atoms with Gasteiger partial charge in [0.15, 0.2) is 0 Å². The van der Waals surface area contributed by atoms with Crippen molar-refractivity contribution >= 4 is 0 Å². The van der Waals surface area contributed by atoms with Gasteiger partial charge in [0.05, 0.1) is 0 Å². The van der Waals surface area contributed by atoms with Gasteiger partial charge in [0.2, 0.25) is 0 Å². The molecule has 0 radical (unpaired) electrons. The molecule has 0 rings (SSSR count). The number of rotatable bonds is 15. The number of hydrogen-bond acceptors (Lipinski definition) is 2. The van der Waals surface area contributed by atoms with Crippen molar-refractivity contribution in [3.05, 3.63) is 0 Å². The average Bonchev–Trinajstić information content (AvgIpc) is 2.53. The van der Waals surface area contributed by atoms with Crippen LogP contribution in [0.25, 0.3) is 0 Å². The minimum Gasteiger partial charge on any atom is -0.319 e. The van der Waals surface area contributed by atoms with Crippen molar-refractivity contribution in [3.63, 3.8) is 0 Å². The SMILES string of the molecule is CCC(CNCCC(C)(C)CCC(C)CCC(C)CNC)CC(C)(C)C. The van der Waals surface area contributed by atoms with Gasteiger partial charge in [0.25, 0.3) is 0 Å². The normalized spacial score (nSPS) is 16.5. The zero-order chi connectivity index (χ0) is 20.2. The Morgan fingerprint density at radius 1 is 0.808 bits per heavy atom. The fourth-order valence-electron chi connectivity index (χ4n) is 3.89. The lowest BCUT2D eigenvalue weighted by atomic mass is 9.81. The van der Waals surface area contributed by atoms with Crippen LogP contribution in [-0.4, -0.2) is 26.7 Å². The molecule has 0 saturated heterocycles. The van der Waals surface area contributed by atoms with Crippen molar-refractivity contribution in [2.24, 2.45) is 28.6 Å². The van der Waals surface area contributed by atoms with Gasteiger partial charge >= 0.3 is 0 Å². The van der Waals surface area contributed by atoms with Crippen molar-refractivity contribution in [1.29, 1.82) is 0 Å². The molecular weight excluding hydrogens is 316 g/mol. The van der Waals surface area contributed by atoms with E-state index in [2.05, 4.69) is 73.1 Å². The molecule has 0 heterocycles. The number of hydrogen-bond donors (Lipinski definition) is 2. The molecule has 2 N–H and O–H groups in total. The molecule has 0 fully saturated rings. The van der Waals surface area contributed by atoms with Gasteiger partial charge in [-0.05, 0) is 80.9 Å². The lowest BCUT2D eigenvalue weighted by molar-refractivity contribution is 0.251. The van der Waals surface area contributed by atoms with Gasteiger partial charge in [0, 0.05) is 0 Å². The van der Waals surface area contributed by atoms with E-state index in [1.165, 1.54) is 58.0 Å². The van der Waals surface area contributed by atoms with Crippen molar-refractivity contribution in [2.45, 2.75) is 100 Å². The Labute approximate surface area is 166 Å². The molecule has 0 aromatic heterocycles. The highest BCUT2D eigenvalue weighted by Gasteiger charge is 2.20. The molecule has 0 bridgehead atoms. The third-order valence-corrected chi connectivity index (χ3v) is 5.91. The van der Waals surface area contributed by atoms with Crippen LogP contribution < -0.4 is 10.6 Å². The molecule has 0 aromatic carbocycles. The summed E-state index contributed by atoms with van der Waals surface area (Å²) in [5.74, 6) is 2.48. The highest BCUT2D eigenvalue weighted by Crippen LogP contribution is 2.30. The van der Waals surface area contributed by atoms with E-state index >= 15 is 0 Å². The first-order valence-electron chi connectivity index (χ1n) is 11.3. The van der Waals surface area contributed by atoms with E-state index in [1.54, 1.807) is 0 Å². The quantitative estimate of drug-likeness (QED) is 0.322. The smallest absolute Gasteiger partial charge is 0.00204 e. The van der Waals surface area contributed by atoms with Gasteiger partial charge in [-0.1, -0.05) is 74.7 Å². The molecule has 0 aromatic rings. The molecular formula is C24H52N2. The van der Waals surface area contributed by atoms with Gasteiger partial charge in [-0.2, -0.15) is 0 Å². The summed E-state index contributed by atoms with van der Waals surface area (Å²) in [6.07, 6.45) is 9.37. The predicted molar refractivity (Wildman–Crippen MR) is 120 cm³/mol. The van der Waals surface area contributed by atoms with Crippen LogP contribution >= 0.6 is 0 Å². The van der Waals surface area contributed by atoms with E-state index in [1.807, 2.05) is 0 Å². The summed E-state index contributed by atoms with van der Waals surface area (Å²) in [4.78, 5) is 0. The Morgan fingerprint density at radius 3 is 1.96 bits per heavy atom. The summed E-state index contributed by atoms with van der Waals surface area (Å²) in [5.41, 5.74) is 0.909. The first-order chi connectivity index (χ1) is 12.0. The lowest BCUT2D eigenvalue weighted by Crippen LogP contribution is -2.29.